The van der Waals surface area contributed by atoms with Gasteiger partial charge in [0.15, 0.2) is 0 Å². The zero-order chi connectivity index (χ0) is 21.4. The highest BCUT2D eigenvalue weighted by Crippen LogP contribution is 2.56. The first-order valence-electron chi connectivity index (χ1n) is 10.4. The molecular weight excluding hydrogens is 354 g/mol. The van der Waals surface area contributed by atoms with E-state index in [1.165, 1.54) is 5.56 Å². The van der Waals surface area contributed by atoms with Crippen LogP contribution in [0.4, 0.5) is 0 Å². The number of rotatable bonds is 6. The molecule has 2 heteroatoms. The summed E-state index contributed by atoms with van der Waals surface area (Å²) < 4.78 is 6.52. The molecule has 0 bridgehead atoms. The minimum atomic E-state index is -0.0473. The lowest BCUT2D eigenvalue weighted by atomic mass is 9.49. The topological polar surface area (TPSA) is 21.3 Å². The van der Waals surface area contributed by atoms with Gasteiger partial charge in [0.05, 0.1) is 0 Å². The van der Waals surface area contributed by atoms with Gasteiger partial charge in [-0.3, -0.25) is 0 Å². The molecular formula is C27H33NO. The van der Waals surface area contributed by atoms with Gasteiger partial charge in [0.1, 0.15) is 11.9 Å². The largest absolute Gasteiger partial charge is 0.489 e. The van der Waals surface area contributed by atoms with Crippen LogP contribution in [0.15, 0.2) is 49.0 Å². The molecule has 1 aliphatic carbocycles. The van der Waals surface area contributed by atoms with E-state index in [0.717, 1.165) is 34.6 Å². The molecule has 2 aromatic carbocycles. The molecule has 1 fully saturated rings. The molecule has 0 unspecified atom stereocenters. The van der Waals surface area contributed by atoms with Crippen molar-refractivity contribution in [3.05, 3.63) is 71.3 Å². The van der Waals surface area contributed by atoms with Gasteiger partial charge in [0, 0.05) is 28.1 Å². The van der Waals surface area contributed by atoms with Crippen molar-refractivity contribution >= 4 is 5.70 Å². The van der Waals surface area contributed by atoms with Crippen LogP contribution in [0.3, 0.4) is 0 Å². The Balaban J connectivity index is 1.77. The van der Waals surface area contributed by atoms with Gasteiger partial charge in [0.25, 0.3) is 0 Å². The Hall–Kier alpha value is -2.66. The van der Waals surface area contributed by atoms with Crippen molar-refractivity contribution in [3.63, 3.8) is 0 Å². The molecule has 152 valence electrons. The second-order valence-electron chi connectivity index (χ2n) is 9.38. The molecule has 0 radical (unpaired) electrons. The Morgan fingerprint density at radius 3 is 2.28 bits per heavy atom. The monoisotopic (exact) mass is 387 g/mol. The Bertz CT molecular complexity index is 927. The lowest BCUT2D eigenvalue weighted by Gasteiger charge is -2.63. The molecule has 0 aromatic heterocycles. The second kappa shape index (κ2) is 7.64. The molecule has 2 nitrogen and oxygen atoms in total. The van der Waals surface area contributed by atoms with Gasteiger partial charge in [-0.25, -0.2) is 0 Å². The van der Waals surface area contributed by atoms with Gasteiger partial charge in [-0.05, 0) is 42.7 Å². The molecule has 29 heavy (non-hydrogen) atoms. The fourth-order valence-electron chi connectivity index (χ4n) is 5.02. The highest BCUT2D eigenvalue weighted by Gasteiger charge is 2.63. The van der Waals surface area contributed by atoms with E-state index in [1.54, 1.807) is 0 Å². The van der Waals surface area contributed by atoms with Crippen LogP contribution in [0.2, 0.25) is 0 Å². The Kier molecular flexibility index (Phi) is 5.54. The summed E-state index contributed by atoms with van der Waals surface area (Å²) in [5, 5.41) is 3.69. The first-order valence-corrected chi connectivity index (χ1v) is 10.4. The molecule has 1 saturated carbocycles. The van der Waals surface area contributed by atoms with Crippen LogP contribution < -0.4 is 10.1 Å². The van der Waals surface area contributed by atoms with Gasteiger partial charge in [0.2, 0.25) is 0 Å². The van der Waals surface area contributed by atoms with Crippen molar-refractivity contribution < 1.29 is 4.74 Å². The molecule has 1 aliphatic rings. The van der Waals surface area contributed by atoms with Crippen molar-refractivity contribution in [2.75, 3.05) is 0 Å². The van der Waals surface area contributed by atoms with E-state index < -0.39 is 0 Å². The van der Waals surface area contributed by atoms with E-state index >= 15 is 0 Å². The van der Waals surface area contributed by atoms with E-state index in [9.17, 15) is 0 Å². The molecule has 3 rings (SSSR count). The van der Waals surface area contributed by atoms with Crippen molar-refractivity contribution in [3.8, 4) is 18.1 Å². The maximum atomic E-state index is 6.52. The summed E-state index contributed by atoms with van der Waals surface area (Å²) >= 11 is 0. The summed E-state index contributed by atoms with van der Waals surface area (Å²) in [5.74, 6) is 3.65. The van der Waals surface area contributed by atoms with E-state index in [4.69, 9.17) is 11.2 Å². The predicted molar refractivity (Wildman–Crippen MR) is 123 cm³/mol. The Morgan fingerprint density at radius 1 is 1.10 bits per heavy atom. The van der Waals surface area contributed by atoms with Gasteiger partial charge in [-0.2, -0.15) is 0 Å². The first kappa shape index (κ1) is 21.1. The minimum absolute atomic E-state index is 0.0473. The van der Waals surface area contributed by atoms with E-state index in [2.05, 4.69) is 89.7 Å². The lowest BCUT2D eigenvalue weighted by molar-refractivity contribution is -0.163. The molecule has 0 heterocycles. The summed E-state index contributed by atoms with van der Waals surface area (Å²) in [4.78, 5) is 0. The third kappa shape index (κ3) is 3.79. The van der Waals surface area contributed by atoms with Gasteiger partial charge in [-0.15, -0.1) is 6.42 Å². The SMILES string of the molecule is C#Cc1ccc(OC2C(C)(C)C(NC(=C)c3ccc(C)cc3)C2(C)C)cc1CC. The summed E-state index contributed by atoms with van der Waals surface area (Å²) in [6.07, 6.45) is 6.60. The van der Waals surface area contributed by atoms with Crippen molar-refractivity contribution in [2.45, 2.75) is 60.1 Å². The predicted octanol–water partition coefficient (Wildman–Crippen LogP) is 5.98. The maximum absolute atomic E-state index is 6.52. The quantitative estimate of drug-likeness (QED) is 0.616. The minimum Gasteiger partial charge on any atom is -0.489 e. The highest BCUT2D eigenvalue weighted by molar-refractivity contribution is 5.62. The van der Waals surface area contributed by atoms with E-state index in [-0.39, 0.29) is 23.0 Å². The van der Waals surface area contributed by atoms with Crippen LogP contribution in [0.25, 0.3) is 5.70 Å². The van der Waals surface area contributed by atoms with Gasteiger partial charge >= 0.3 is 0 Å². The van der Waals surface area contributed by atoms with E-state index in [0.29, 0.717) is 0 Å². The number of aryl methyl sites for hydroxylation is 2. The molecule has 0 atom stereocenters. The van der Waals surface area contributed by atoms with Gasteiger partial charge < -0.3 is 10.1 Å². The number of nitrogens with one attached hydrogen (secondary N) is 1. The smallest absolute Gasteiger partial charge is 0.120 e. The van der Waals surface area contributed by atoms with Crippen molar-refractivity contribution in [2.24, 2.45) is 10.8 Å². The fraction of sp³-hybridized carbons (Fsp3) is 0.407. The summed E-state index contributed by atoms with van der Waals surface area (Å²) in [5.41, 5.74) is 5.35. The second-order valence-corrected chi connectivity index (χ2v) is 9.38. The lowest BCUT2D eigenvalue weighted by Crippen LogP contribution is -2.73. The normalized spacial score (nSPS) is 21.6. The van der Waals surface area contributed by atoms with Crippen LogP contribution in [-0.4, -0.2) is 12.1 Å². The van der Waals surface area contributed by atoms with E-state index in [1.807, 2.05) is 12.1 Å². The molecule has 0 aliphatic heterocycles. The number of hydrogen-bond donors (Lipinski definition) is 1. The number of hydrogen-bond acceptors (Lipinski definition) is 2. The van der Waals surface area contributed by atoms with Crippen molar-refractivity contribution in [1.82, 2.24) is 5.32 Å². The van der Waals surface area contributed by atoms with Gasteiger partial charge in [-0.1, -0.05) is 76.9 Å². The standard InChI is InChI=1S/C27H33NO/c1-9-20-15-16-23(17-21(20)10-2)29-25-26(5,6)24(27(25,7)8)28-19(4)22-13-11-18(3)12-14-22/h1,11-17,24-25,28H,4,10H2,2-3,5-8H3. The average Bonchev–Trinajstić information content (AvgIpc) is 2.69. The van der Waals surface area contributed by atoms with Crippen LogP contribution >= 0.6 is 0 Å². The number of ether oxygens (including phenoxy) is 1. The summed E-state index contributed by atoms with van der Waals surface area (Å²) in [7, 11) is 0. The first-order chi connectivity index (χ1) is 13.6. The zero-order valence-corrected chi connectivity index (χ0v) is 18.6. The van der Waals surface area contributed by atoms with Crippen LogP contribution in [0.5, 0.6) is 5.75 Å². The van der Waals surface area contributed by atoms with Crippen molar-refractivity contribution in [1.29, 1.82) is 0 Å². The third-order valence-corrected chi connectivity index (χ3v) is 6.43. The number of terminal acetylenes is 1. The zero-order valence-electron chi connectivity index (χ0n) is 18.6. The van der Waals surface area contributed by atoms with Crippen LogP contribution in [0, 0.1) is 30.1 Å². The third-order valence-electron chi connectivity index (χ3n) is 6.43. The maximum Gasteiger partial charge on any atom is 0.120 e. The molecule has 2 aromatic rings. The average molecular weight is 388 g/mol. The Morgan fingerprint density at radius 2 is 1.72 bits per heavy atom. The summed E-state index contributed by atoms with van der Waals surface area (Å²) in [6, 6.07) is 14.8. The number of benzene rings is 2. The molecule has 0 amide bonds. The highest BCUT2D eigenvalue weighted by atomic mass is 16.5. The van der Waals surface area contributed by atoms with Crippen LogP contribution in [-0.2, 0) is 6.42 Å². The molecule has 1 N–H and O–H groups in total. The molecule has 0 saturated heterocycles. The molecule has 0 spiro atoms. The van der Waals surface area contributed by atoms with Crippen LogP contribution in [0.1, 0.15) is 56.9 Å². The summed E-state index contributed by atoms with van der Waals surface area (Å²) in [6.45, 7) is 17.6. The Labute approximate surface area is 176 Å². The fourth-order valence-corrected chi connectivity index (χ4v) is 5.02.